The molecule has 0 radical (unpaired) electrons. The van der Waals surface area contributed by atoms with Gasteiger partial charge in [-0.1, -0.05) is 0 Å². The Hall–Kier alpha value is -0.980. The van der Waals surface area contributed by atoms with Crippen LogP contribution in [0, 0.1) is 0 Å². The largest absolute Gasteiger partial charge is 0.476 e. The van der Waals surface area contributed by atoms with Crippen molar-refractivity contribution >= 4 is 17.3 Å². The lowest BCUT2D eigenvalue weighted by atomic mass is 10.0. The molecule has 2 rings (SSSR count). The molecule has 6 heteroatoms. The molecule has 0 atom stereocenters. The van der Waals surface area contributed by atoms with Crippen LogP contribution in [0.4, 0.5) is 0 Å². The fourth-order valence-electron chi connectivity index (χ4n) is 2.01. The molecule has 1 aliphatic heterocycles. The molecule has 0 saturated carbocycles. The lowest BCUT2D eigenvalue weighted by molar-refractivity contribution is 0.0688. The van der Waals surface area contributed by atoms with Crippen molar-refractivity contribution in [2.75, 3.05) is 26.2 Å². The molecule has 0 unspecified atom stereocenters. The van der Waals surface area contributed by atoms with Crippen LogP contribution in [0.25, 0.3) is 0 Å². The van der Waals surface area contributed by atoms with Crippen LogP contribution >= 0.6 is 11.3 Å². The Bertz CT molecular complexity index is 411. The Kier molecular flexibility index (Phi) is 3.46. The van der Waals surface area contributed by atoms with Gasteiger partial charge in [-0.15, -0.1) is 11.3 Å². The van der Waals surface area contributed by atoms with Gasteiger partial charge in [0.05, 0.1) is 5.54 Å². The van der Waals surface area contributed by atoms with Crippen molar-refractivity contribution in [3.8, 4) is 0 Å². The predicted octanol–water partition coefficient (Wildman–Crippen LogP) is 0.982. The summed E-state index contributed by atoms with van der Waals surface area (Å²) >= 11 is 1.42. The van der Waals surface area contributed by atoms with Crippen LogP contribution < -0.4 is 5.32 Å². The first-order valence-corrected chi connectivity index (χ1v) is 6.55. The van der Waals surface area contributed by atoms with Crippen molar-refractivity contribution in [2.24, 2.45) is 0 Å². The molecule has 1 aromatic rings. The van der Waals surface area contributed by atoms with E-state index in [0.717, 1.165) is 31.2 Å². The first-order chi connectivity index (χ1) is 8.01. The summed E-state index contributed by atoms with van der Waals surface area (Å²) in [6.07, 6.45) is 0. The van der Waals surface area contributed by atoms with Crippen LogP contribution in [0.1, 0.15) is 29.3 Å². The molecular formula is C11H17N3O2S. The summed E-state index contributed by atoms with van der Waals surface area (Å²) in [4.78, 5) is 17.4. The number of aromatic nitrogens is 1. The maximum atomic E-state index is 10.8. The SMILES string of the molecule is CC(C)(c1nc(C(=O)O)cs1)N1CCNCC1. The molecule has 2 N–H and O–H groups in total. The van der Waals surface area contributed by atoms with Gasteiger partial charge >= 0.3 is 5.97 Å². The first kappa shape index (κ1) is 12.5. The molecule has 1 aliphatic rings. The zero-order valence-corrected chi connectivity index (χ0v) is 10.9. The first-order valence-electron chi connectivity index (χ1n) is 5.67. The van der Waals surface area contributed by atoms with E-state index in [1.807, 2.05) is 0 Å². The second-order valence-electron chi connectivity index (χ2n) is 4.64. The molecule has 1 aromatic heterocycles. The van der Waals surface area contributed by atoms with E-state index in [1.165, 1.54) is 11.3 Å². The molecule has 0 amide bonds. The van der Waals surface area contributed by atoms with Gasteiger partial charge in [-0.3, -0.25) is 4.90 Å². The van der Waals surface area contributed by atoms with Crippen molar-refractivity contribution in [1.82, 2.24) is 15.2 Å². The molecule has 17 heavy (non-hydrogen) atoms. The number of rotatable bonds is 3. The molecule has 0 spiro atoms. The third-order valence-corrected chi connectivity index (χ3v) is 4.31. The van der Waals surface area contributed by atoms with Gasteiger partial charge in [0.1, 0.15) is 5.01 Å². The van der Waals surface area contributed by atoms with Crippen LogP contribution in [0.15, 0.2) is 5.38 Å². The average molecular weight is 255 g/mol. The number of carbonyl (C=O) groups is 1. The Balaban J connectivity index is 2.20. The third kappa shape index (κ3) is 2.48. The topological polar surface area (TPSA) is 65.5 Å². The summed E-state index contributed by atoms with van der Waals surface area (Å²) in [5, 5.41) is 14.7. The molecule has 5 nitrogen and oxygen atoms in total. The molecule has 1 fully saturated rings. The number of aromatic carboxylic acids is 1. The van der Waals surface area contributed by atoms with E-state index in [0.29, 0.717) is 0 Å². The number of piperazine rings is 1. The number of carboxylic acids is 1. The molecule has 0 aliphatic carbocycles. The van der Waals surface area contributed by atoms with E-state index < -0.39 is 5.97 Å². The van der Waals surface area contributed by atoms with E-state index >= 15 is 0 Å². The normalized spacial score (nSPS) is 18.2. The summed E-state index contributed by atoms with van der Waals surface area (Å²) in [5.74, 6) is -0.955. The lowest BCUT2D eigenvalue weighted by Gasteiger charge is -2.39. The second kappa shape index (κ2) is 4.72. The molecule has 0 aromatic carbocycles. The summed E-state index contributed by atoms with van der Waals surface area (Å²) in [6.45, 7) is 8.08. The van der Waals surface area contributed by atoms with Gasteiger partial charge in [0, 0.05) is 31.6 Å². The number of thiazole rings is 1. The van der Waals surface area contributed by atoms with Crippen LogP contribution in [-0.2, 0) is 5.54 Å². The molecule has 2 heterocycles. The van der Waals surface area contributed by atoms with Gasteiger partial charge in [0.2, 0.25) is 0 Å². The Labute approximate surface area is 104 Å². The quantitative estimate of drug-likeness (QED) is 0.843. The minimum absolute atomic E-state index is 0.146. The second-order valence-corrected chi connectivity index (χ2v) is 5.50. The van der Waals surface area contributed by atoms with Gasteiger partial charge in [-0.05, 0) is 13.8 Å². The Morgan fingerprint density at radius 1 is 1.53 bits per heavy atom. The van der Waals surface area contributed by atoms with E-state index in [9.17, 15) is 4.79 Å². The fraction of sp³-hybridized carbons (Fsp3) is 0.636. The van der Waals surface area contributed by atoms with Crippen molar-refractivity contribution in [1.29, 1.82) is 0 Å². The van der Waals surface area contributed by atoms with Crippen LogP contribution in [0.3, 0.4) is 0 Å². The molecular weight excluding hydrogens is 238 g/mol. The van der Waals surface area contributed by atoms with E-state index in [-0.39, 0.29) is 11.2 Å². The monoisotopic (exact) mass is 255 g/mol. The number of nitrogens with one attached hydrogen (secondary N) is 1. The summed E-state index contributed by atoms with van der Waals surface area (Å²) in [7, 11) is 0. The summed E-state index contributed by atoms with van der Waals surface area (Å²) in [5.41, 5.74) is -0.0475. The average Bonchev–Trinajstić information content (AvgIpc) is 2.80. The summed E-state index contributed by atoms with van der Waals surface area (Å²) in [6, 6.07) is 0. The highest BCUT2D eigenvalue weighted by molar-refractivity contribution is 7.10. The number of carboxylic acid groups (broad SMARTS) is 1. The highest BCUT2D eigenvalue weighted by Gasteiger charge is 2.32. The van der Waals surface area contributed by atoms with Gasteiger partial charge in [0.15, 0.2) is 5.69 Å². The van der Waals surface area contributed by atoms with E-state index in [2.05, 4.69) is 29.0 Å². The Morgan fingerprint density at radius 2 is 2.18 bits per heavy atom. The zero-order chi connectivity index (χ0) is 12.5. The smallest absolute Gasteiger partial charge is 0.355 e. The fourth-order valence-corrected chi connectivity index (χ4v) is 2.96. The standard InChI is InChI=1S/C11H17N3O2S/c1-11(2,14-5-3-12-4-6-14)10-13-8(7-17-10)9(15)16/h7,12H,3-6H2,1-2H3,(H,15,16). The van der Waals surface area contributed by atoms with Crippen LogP contribution in [0.5, 0.6) is 0 Å². The number of hydrogen-bond donors (Lipinski definition) is 2. The molecule has 1 saturated heterocycles. The third-order valence-electron chi connectivity index (χ3n) is 3.15. The van der Waals surface area contributed by atoms with Crippen molar-refractivity contribution in [3.05, 3.63) is 16.1 Å². The summed E-state index contributed by atoms with van der Waals surface area (Å²) < 4.78 is 0. The lowest BCUT2D eigenvalue weighted by Crippen LogP contribution is -2.51. The van der Waals surface area contributed by atoms with Crippen molar-refractivity contribution in [3.63, 3.8) is 0 Å². The van der Waals surface area contributed by atoms with Gasteiger partial charge < -0.3 is 10.4 Å². The van der Waals surface area contributed by atoms with Crippen LogP contribution in [-0.4, -0.2) is 47.1 Å². The molecule has 94 valence electrons. The number of nitrogens with zero attached hydrogens (tertiary/aromatic N) is 2. The predicted molar refractivity (Wildman–Crippen MR) is 66.5 cm³/mol. The minimum Gasteiger partial charge on any atom is -0.476 e. The van der Waals surface area contributed by atoms with Gasteiger partial charge in [-0.2, -0.15) is 0 Å². The van der Waals surface area contributed by atoms with Gasteiger partial charge in [-0.25, -0.2) is 9.78 Å². The number of hydrogen-bond acceptors (Lipinski definition) is 5. The van der Waals surface area contributed by atoms with Crippen molar-refractivity contribution < 1.29 is 9.90 Å². The van der Waals surface area contributed by atoms with Crippen LogP contribution in [0.2, 0.25) is 0 Å². The van der Waals surface area contributed by atoms with E-state index in [4.69, 9.17) is 5.11 Å². The minimum atomic E-state index is -0.955. The van der Waals surface area contributed by atoms with E-state index in [1.54, 1.807) is 5.38 Å². The van der Waals surface area contributed by atoms with Crippen molar-refractivity contribution in [2.45, 2.75) is 19.4 Å². The maximum absolute atomic E-state index is 10.8. The zero-order valence-electron chi connectivity index (χ0n) is 10.1. The molecule has 0 bridgehead atoms. The maximum Gasteiger partial charge on any atom is 0.355 e. The highest BCUT2D eigenvalue weighted by atomic mass is 32.1. The van der Waals surface area contributed by atoms with Gasteiger partial charge in [0.25, 0.3) is 0 Å². The Morgan fingerprint density at radius 3 is 2.71 bits per heavy atom. The highest BCUT2D eigenvalue weighted by Crippen LogP contribution is 2.30.